The Bertz CT molecular complexity index is 802. The summed E-state index contributed by atoms with van der Waals surface area (Å²) < 4.78 is 18.6. The van der Waals surface area contributed by atoms with Crippen LogP contribution in [0.25, 0.3) is 0 Å². The zero-order valence-electron chi connectivity index (χ0n) is 18.4. The largest absolute Gasteiger partial charge is 0.469 e. The first-order valence-electron chi connectivity index (χ1n) is 11.2. The van der Waals surface area contributed by atoms with Crippen molar-refractivity contribution in [3.05, 3.63) is 12.2 Å². The number of carbonyl (C=O) groups excluding carboxylic acids is 2. The first-order chi connectivity index (χ1) is 13.5. The highest BCUT2D eigenvalue weighted by molar-refractivity contribution is 6.69. The first kappa shape index (κ1) is 19.8. The van der Waals surface area contributed by atoms with Crippen LogP contribution in [0.5, 0.6) is 0 Å². The minimum Gasteiger partial charge on any atom is -0.469 e. The van der Waals surface area contributed by atoms with Crippen molar-refractivity contribution in [2.24, 2.45) is 34.5 Å². The van der Waals surface area contributed by atoms with Gasteiger partial charge in [-0.3, -0.25) is 9.59 Å². The number of ether oxygens (including phenoxy) is 2. The van der Waals surface area contributed by atoms with E-state index in [-0.39, 0.29) is 41.2 Å². The van der Waals surface area contributed by atoms with Gasteiger partial charge in [0, 0.05) is 17.3 Å². The summed E-state index contributed by atoms with van der Waals surface area (Å²) in [5, 5.41) is 0. The number of methoxy groups -OCH3 is 1. The van der Waals surface area contributed by atoms with Gasteiger partial charge in [0.05, 0.1) is 24.5 Å². The predicted molar refractivity (Wildman–Crippen MR) is 110 cm³/mol. The molecule has 4 saturated carbocycles. The van der Waals surface area contributed by atoms with E-state index in [1.165, 1.54) is 7.11 Å². The Labute approximate surface area is 174 Å². The molecule has 4 aliphatic carbocycles. The van der Waals surface area contributed by atoms with Gasteiger partial charge in [-0.15, -0.1) is 0 Å². The van der Waals surface area contributed by atoms with E-state index in [1.54, 1.807) is 0 Å². The maximum atomic E-state index is 13.4. The van der Waals surface area contributed by atoms with Crippen LogP contribution in [0, 0.1) is 34.5 Å². The van der Waals surface area contributed by atoms with Crippen molar-refractivity contribution < 1.29 is 23.5 Å². The number of esters is 2. The van der Waals surface area contributed by atoms with E-state index < -0.39 is 19.3 Å². The average Bonchev–Trinajstić information content (AvgIpc) is 3.06. The molecular formula is C23H34O5Si. The smallest absolute Gasteiger partial charge is 0.312 e. The number of rotatable bonds is 3. The van der Waals surface area contributed by atoms with Crippen LogP contribution in [0.1, 0.15) is 45.4 Å². The molecule has 1 heterocycles. The molecule has 6 heteroatoms. The third kappa shape index (κ3) is 2.20. The second-order valence-electron chi connectivity index (χ2n) is 11.4. The fraction of sp³-hybridized carbons (Fsp3) is 0.826. The Hall–Kier alpha value is -1.14. The maximum Gasteiger partial charge on any atom is 0.312 e. The quantitative estimate of drug-likeness (QED) is 0.393. The Kier molecular flexibility index (Phi) is 3.93. The molecule has 8 atom stereocenters. The summed E-state index contributed by atoms with van der Waals surface area (Å²) in [5.74, 6) is -0.243. The van der Waals surface area contributed by atoms with E-state index in [1.807, 2.05) is 6.92 Å². The van der Waals surface area contributed by atoms with Crippen LogP contribution in [-0.4, -0.2) is 39.1 Å². The molecule has 0 unspecified atom stereocenters. The minimum atomic E-state index is -1.89. The SMILES string of the molecule is C=C1[C@@H]2CC[C@H]3[C@@]45CCC[C@@](C)(C(=O)O4)[C@H]5[C@H](C(=O)OC)[C@]3(C2)[C@@H]1O[Si](C)(C)C. The van der Waals surface area contributed by atoms with Crippen molar-refractivity contribution in [2.45, 2.75) is 76.8 Å². The van der Waals surface area contributed by atoms with Crippen molar-refractivity contribution >= 4 is 20.3 Å². The summed E-state index contributed by atoms with van der Waals surface area (Å²) in [6, 6.07) is 0. The van der Waals surface area contributed by atoms with Crippen molar-refractivity contribution in [3.8, 4) is 0 Å². The Balaban J connectivity index is 1.74. The summed E-state index contributed by atoms with van der Waals surface area (Å²) in [6.07, 6.45) is 5.42. The van der Waals surface area contributed by atoms with Crippen LogP contribution in [0.15, 0.2) is 12.2 Å². The number of hydrogen-bond donors (Lipinski definition) is 0. The molecule has 5 nitrogen and oxygen atoms in total. The summed E-state index contributed by atoms with van der Waals surface area (Å²) in [7, 11) is -0.409. The highest BCUT2D eigenvalue weighted by atomic mass is 28.4. The fourth-order valence-electron chi connectivity index (χ4n) is 8.34. The standard InChI is InChI=1S/C23H34O5Si/c1-13-14-8-9-15-22(12-14,18(13)28-29(4,5)6)16(19(24)26-3)17-21(2)10-7-11-23(15,17)27-20(21)25/h14-18H,1,7-12H2,2-6H3/t14-,15-,16-,17-,18-,21-,22-,23-/m1/s1. The van der Waals surface area contributed by atoms with Gasteiger partial charge in [0.25, 0.3) is 0 Å². The second-order valence-corrected chi connectivity index (χ2v) is 15.9. The van der Waals surface area contributed by atoms with E-state index in [4.69, 9.17) is 13.9 Å². The Morgan fingerprint density at radius 1 is 1.24 bits per heavy atom. The van der Waals surface area contributed by atoms with E-state index >= 15 is 0 Å². The Morgan fingerprint density at radius 2 is 1.97 bits per heavy atom. The normalized spacial score (nSPS) is 50.2. The molecule has 1 aliphatic heterocycles. The van der Waals surface area contributed by atoms with Gasteiger partial charge in [-0.1, -0.05) is 6.58 Å². The molecule has 160 valence electrons. The molecular weight excluding hydrogens is 384 g/mol. The van der Waals surface area contributed by atoms with Gasteiger partial charge < -0.3 is 13.9 Å². The monoisotopic (exact) mass is 418 g/mol. The fourth-order valence-corrected chi connectivity index (χ4v) is 9.42. The van der Waals surface area contributed by atoms with Gasteiger partial charge in [0.2, 0.25) is 0 Å². The molecule has 0 aromatic rings. The number of carbonyl (C=O) groups is 2. The van der Waals surface area contributed by atoms with E-state index in [0.717, 1.165) is 44.1 Å². The molecule has 5 aliphatic rings. The lowest BCUT2D eigenvalue weighted by Crippen LogP contribution is -2.51. The summed E-state index contributed by atoms with van der Waals surface area (Å²) >= 11 is 0. The summed E-state index contributed by atoms with van der Waals surface area (Å²) in [5.41, 5.74) is -0.345. The molecule has 1 saturated heterocycles. The third-order valence-corrected chi connectivity index (χ3v) is 10.00. The molecule has 5 rings (SSSR count). The lowest BCUT2D eigenvalue weighted by atomic mass is 9.60. The molecule has 0 aromatic carbocycles. The molecule has 0 aromatic heterocycles. The highest BCUT2D eigenvalue weighted by Crippen LogP contribution is 2.78. The molecule has 4 bridgehead atoms. The van der Waals surface area contributed by atoms with Gasteiger partial charge >= 0.3 is 11.9 Å². The predicted octanol–water partition coefficient (Wildman–Crippen LogP) is 4.08. The Morgan fingerprint density at radius 3 is 2.62 bits per heavy atom. The van der Waals surface area contributed by atoms with Crippen LogP contribution >= 0.6 is 0 Å². The van der Waals surface area contributed by atoms with Crippen molar-refractivity contribution in [1.29, 1.82) is 0 Å². The molecule has 1 spiro atoms. The lowest BCUT2D eigenvalue weighted by molar-refractivity contribution is -0.165. The lowest BCUT2D eigenvalue weighted by Gasteiger charge is -2.47. The van der Waals surface area contributed by atoms with Crippen LogP contribution in [0.2, 0.25) is 19.6 Å². The third-order valence-electron chi connectivity index (χ3n) is 9.06. The maximum absolute atomic E-state index is 13.4. The molecule has 0 amide bonds. The number of fused-ring (bicyclic) bond motifs is 1. The van der Waals surface area contributed by atoms with Gasteiger partial charge in [-0.05, 0) is 76.6 Å². The zero-order valence-corrected chi connectivity index (χ0v) is 19.4. The number of hydrogen-bond acceptors (Lipinski definition) is 5. The van der Waals surface area contributed by atoms with E-state index in [9.17, 15) is 9.59 Å². The van der Waals surface area contributed by atoms with Crippen LogP contribution in [0.4, 0.5) is 0 Å². The van der Waals surface area contributed by atoms with Crippen LogP contribution in [-0.2, 0) is 23.5 Å². The van der Waals surface area contributed by atoms with Gasteiger partial charge in [0.1, 0.15) is 5.60 Å². The molecule has 0 radical (unpaired) electrons. The first-order valence-corrected chi connectivity index (χ1v) is 14.6. The van der Waals surface area contributed by atoms with Crippen LogP contribution in [0.3, 0.4) is 0 Å². The second kappa shape index (κ2) is 5.76. The van der Waals surface area contributed by atoms with E-state index in [0.29, 0.717) is 5.92 Å². The van der Waals surface area contributed by atoms with Gasteiger partial charge in [-0.2, -0.15) is 0 Å². The van der Waals surface area contributed by atoms with Crippen LogP contribution < -0.4 is 0 Å². The van der Waals surface area contributed by atoms with Crippen molar-refractivity contribution in [3.63, 3.8) is 0 Å². The average molecular weight is 419 g/mol. The molecule has 29 heavy (non-hydrogen) atoms. The van der Waals surface area contributed by atoms with E-state index in [2.05, 4.69) is 26.2 Å². The van der Waals surface area contributed by atoms with Gasteiger partial charge in [-0.25, -0.2) is 0 Å². The topological polar surface area (TPSA) is 61.8 Å². The minimum absolute atomic E-state index is 0.106. The summed E-state index contributed by atoms with van der Waals surface area (Å²) in [4.78, 5) is 26.5. The zero-order chi connectivity index (χ0) is 21.0. The summed E-state index contributed by atoms with van der Waals surface area (Å²) in [6.45, 7) is 13.1. The van der Waals surface area contributed by atoms with Gasteiger partial charge in [0.15, 0.2) is 8.32 Å². The van der Waals surface area contributed by atoms with Crippen molar-refractivity contribution in [1.82, 2.24) is 0 Å². The van der Waals surface area contributed by atoms with Crippen molar-refractivity contribution in [2.75, 3.05) is 7.11 Å². The molecule has 0 N–H and O–H groups in total. The molecule has 5 fully saturated rings. The highest BCUT2D eigenvalue weighted by Gasteiger charge is 2.83.